The highest BCUT2D eigenvalue weighted by Gasteiger charge is 2.04. The molecule has 2 aromatic rings. The summed E-state index contributed by atoms with van der Waals surface area (Å²) in [6.45, 7) is 3.76. The average Bonchev–Trinajstić information content (AvgIpc) is 2.49. The molecule has 5 heteroatoms. The molecule has 2 aromatic heterocycles. The highest BCUT2D eigenvalue weighted by Crippen LogP contribution is 2.09. The van der Waals surface area contributed by atoms with Crippen molar-refractivity contribution in [3.63, 3.8) is 0 Å². The van der Waals surface area contributed by atoms with E-state index in [0.717, 1.165) is 5.69 Å². The van der Waals surface area contributed by atoms with Gasteiger partial charge in [-0.05, 0) is 19.9 Å². The fraction of sp³-hybridized carbons (Fsp3) is 0.222. The van der Waals surface area contributed by atoms with E-state index in [4.69, 9.17) is 5.73 Å². The van der Waals surface area contributed by atoms with Gasteiger partial charge in [0.1, 0.15) is 11.6 Å². The maximum absolute atomic E-state index is 5.62. The third kappa shape index (κ3) is 1.44. The minimum Gasteiger partial charge on any atom is -0.384 e. The molecule has 5 nitrogen and oxygen atoms in total. The molecule has 0 aromatic carbocycles. The molecule has 0 saturated heterocycles. The molecule has 14 heavy (non-hydrogen) atoms. The van der Waals surface area contributed by atoms with Crippen LogP contribution < -0.4 is 5.73 Å². The lowest BCUT2D eigenvalue weighted by molar-refractivity contribution is 0.804. The van der Waals surface area contributed by atoms with E-state index in [9.17, 15) is 0 Å². The first-order valence-electron chi connectivity index (χ1n) is 4.29. The van der Waals surface area contributed by atoms with Crippen LogP contribution in [-0.2, 0) is 0 Å². The third-order valence-electron chi connectivity index (χ3n) is 1.89. The highest BCUT2D eigenvalue weighted by atomic mass is 15.3. The number of aromatic nitrogens is 4. The molecular weight excluding hydrogens is 178 g/mol. The van der Waals surface area contributed by atoms with Gasteiger partial charge in [-0.1, -0.05) is 0 Å². The molecule has 0 aliphatic rings. The van der Waals surface area contributed by atoms with Crippen LogP contribution in [0.4, 0.5) is 5.82 Å². The predicted molar refractivity (Wildman–Crippen MR) is 53.0 cm³/mol. The number of anilines is 1. The number of aryl methyl sites for hydroxylation is 2. The van der Waals surface area contributed by atoms with E-state index >= 15 is 0 Å². The van der Waals surface area contributed by atoms with Gasteiger partial charge in [0.25, 0.3) is 0 Å². The van der Waals surface area contributed by atoms with Gasteiger partial charge in [-0.25, -0.2) is 14.6 Å². The Bertz CT molecular complexity index is 440. The van der Waals surface area contributed by atoms with Gasteiger partial charge < -0.3 is 5.73 Å². The van der Waals surface area contributed by atoms with Crippen LogP contribution in [0.1, 0.15) is 11.5 Å². The Balaban J connectivity index is 2.57. The summed E-state index contributed by atoms with van der Waals surface area (Å²) in [5, 5.41) is 4.14. The Kier molecular flexibility index (Phi) is 1.92. The van der Waals surface area contributed by atoms with E-state index in [0.29, 0.717) is 17.5 Å². The van der Waals surface area contributed by atoms with Crippen LogP contribution in [0.25, 0.3) is 5.82 Å². The summed E-state index contributed by atoms with van der Waals surface area (Å²) >= 11 is 0. The van der Waals surface area contributed by atoms with Crippen LogP contribution in [0.5, 0.6) is 0 Å². The maximum Gasteiger partial charge on any atom is 0.159 e. The quantitative estimate of drug-likeness (QED) is 0.722. The Labute approximate surface area is 81.6 Å². The van der Waals surface area contributed by atoms with E-state index in [1.807, 2.05) is 13.0 Å². The summed E-state index contributed by atoms with van der Waals surface area (Å²) in [7, 11) is 0. The average molecular weight is 189 g/mol. The number of nitrogen functional groups attached to an aromatic ring is 1. The zero-order valence-corrected chi connectivity index (χ0v) is 8.10. The zero-order valence-electron chi connectivity index (χ0n) is 8.10. The third-order valence-corrected chi connectivity index (χ3v) is 1.89. The van der Waals surface area contributed by atoms with E-state index in [-0.39, 0.29) is 0 Å². The van der Waals surface area contributed by atoms with Gasteiger partial charge in [-0.2, -0.15) is 5.10 Å². The first-order chi connectivity index (χ1) is 6.66. The summed E-state index contributed by atoms with van der Waals surface area (Å²) in [6, 6.07) is 3.61. The summed E-state index contributed by atoms with van der Waals surface area (Å²) in [5.41, 5.74) is 6.64. The van der Waals surface area contributed by atoms with Crippen LogP contribution in [0.2, 0.25) is 0 Å². The lowest BCUT2D eigenvalue weighted by Gasteiger charge is -2.04. The number of nitrogens with two attached hydrogens (primary N) is 1. The second-order valence-corrected chi connectivity index (χ2v) is 3.08. The van der Waals surface area contributed by atoms with Crippen LogP contribution in [0.15, 0.2) is 18.3 Å². The molecule has 0 saturated carbocycles. The standard InChI is InChI=1S/C9H11N5/c1-6-3-4-11-14(6)9-5-8(10)12-7(2)13-9/h3-5H,1-2H3,(H2,10,12,13). The van der Waals surface area contributed by atoms with Crippen molar-refractivity contribution in [2.45, 2.75) is 13.8 Å². The topological polar surface area (TPSA) is 69.6 Å². The first-order valence-corrected chi connectivity index (χ1v) is 4.29. The minimum atomic E-state index is 0.461. The molecule has 0 amide bonds. The molecule has 0 aliphatic carbocycles. The van der Waals surface area contributed by atoms with Gasteiger partial charge >= 0.3 is 0 Å². The van der Waals surface area contributed by atoms with Gasteiger partial charge in [-0.3, -0.25) is 0 Å². The van der Waals surface area contributed by atoms with Crippen molar-refractivity contribution in [1.29, 1.82) is 0 Å². The predicted octanol–water partition coefficient (Wildman–Crippen LogP) is 0.861. The number of nitrogens with zero attached hydrogens (tertiary/aromatic N) is 4. The SMILES string of the molecule is Cc1nc(N)cc(-n2nccc2C)n1. The molecule has 0 spiro atoms. The van der Waals surface area contributed by atoms with E-state index in [1.165, 1.54) is 0 Å². The molecular formula is C9H11N5. The molecule has 2 rings (SSSR count). The van der Waals surface area contributed by atoms with Gasteiger partial charge in [0, 0.05) is 18.0 Å². The van der Waals surface area contributed by atoms with Gasteiger partial charge in [0.05, 0.1) is 0 Å². The largest absolute Gasteiger partial charge is 0.384 e. The molecule has 0 unspecified atom stereocenters. The number of hydrogen-bond acceptors (Lipinski definition) is 4. The monoisotopic (exact) mass is 189 g/mol. The lowest BCUT2D eigenvalue weighted by atomic mass is 10.4. The molecule has 0 radical (unpaired) electrons. The summed E-state index contributed by atoms with van der Waals surface area (Å²) in [6.07, 6.45) is 1.73. The molecule has 72 valence electrons. The second-order valence-electron chi connectivity index (χ2n) is 3.08. The van der Waals surface area contributed by atoms with Crippen LogP contribution >= 0.6 is 0 Å². The second kappa shape index (κ2) is 3.10. The van der Waals surface area contributed by atoms with E-state index in [2.05, 4.69) is 15.1 Å². The van der Waals surface area contributed by atoms with Gasteiger partial charge in [-0.15, -0.1) is 0 Å². The molecule has 0 bridgehead atoms. The minimum absolute atomic E-state index is 0.461. The molecule has 0 atom stereocenters. The van der Waals surface area contributed by atoms with Crippen molar-refractivity contribution in [2.24, 2.45) is 0 Å². The molecule has 0 aliphatic heterocycles. The Hall–Kier alpha value is -1.91. The van der Waals surface area contributed by atoms with E-state index in [1.54, 1.807) is 23.9 Å². The summed E-state index contributed by atoms with van der Waals surface area (Å²) < 4.78 is 1.73. The van der Waals surface area contributed by atoms with Crippen LogP contribution in [-0.4, -0.2) is 19.7 Å². The lowest BCUT2D eigenvalue weighted by Crippen LogP contribution is -2.05. The number of hydrogen-bond donors (Lipinski definition) is 1. The van der Waals surface area contributed by atoms with Crippen LogP contribution in [0.3, 0.4) is 0 Å². The Morgan fingerprint density at radius 3 is 2.64 bits per heavy atom. The van der Waals surface area contributed by atoms with Gasteiger partial charge in [0.15, 0.2) is 5.82 Å². The maximum atomic E-state index is 5.62. The Morgan fingerprint density at radius 1 is 1.29 bits per heavy atom. The smallest absolute Gasteiger partial charge is 0.159 e. The summed E-state index contributed by atoms with van der Waals surface area (Å²) in [5.74, 6) is 1.81. The molecule has 2 N–H and O–H groups in total. The fourth-order valence-electron chi connectivity index (χ4n) is 1.29. The van der Waals surface area contributed by atoms with E-state index < -0.39 is 0 Å². The number of rotatable bonds is 1. The van der Waals surface area contributed by atoms with Crippen LogP contribution in [0, 0.1) is 13.8 Å². The fourth-order valence-corrected chi connectivity index (χ4v) is 1.29. The van der Waals surface area contributed by atoms with Crippen molar-refractivity contribution >= 4 is 5.82 Å². The summed E-state index contributed by atoms with van der Waals surface area (Å²) in [4.78, 5) is 8.25. The van der Waals surface area contributed by atoms with Crippen molar-refractivity contribution in [1.82, 2.24) is 19.7 Å². The highest BCUT2D eigenvalue weighted by molar-refractivity contribution is 5.37. The zero-order chi connectivity index (χ0) is 10.1. The Morgan fingerprint density at radius 2 is 2.07 bits per heavy atom. The van der Waals surface area contributed by atoms with Crippen molar-refractivity contribution < 1.29 is 0 Å². The van der Waals surface area contributed by atoms with Gasteiger partial charge in [0.2, 0.25) is 0 Å². The van der Waals surface area contributed by atoms with Crippen molar-refractivity contribution in [3.8, 4) is 5.82 Å². The molecule has 2 heterocycles. The van der Waals surface area contributed by atoms with Crippen molar-refractivity contribution in [3.05, 3.63) is 29.8 Å². The molecule has 0 fully saturated rings. The normalized spacial score (nSPS) is 10.4. The van der Waals surface area contributed by atoms with Crippen molar-refractivity contribution in [2.75, 3.05) is 5.73 Å². The first kappa shape index (κ1) is 8.68.